The number of ketones is 1. The number of benzene rings is 2. The summed E-state index contributed by atoms with van der Waals surface area (Å²) in [6.07, 6.45) is 1.49. The predicted octanol–water partition coefficient (Wildman–Crippen LogP) is 2.46. The molecular weight excluding hydrogens is 276 g/mol. The topological polar surface area (TPSA) is 49.4 Å². The van der Waals surface area contributed by atoms with Gasteiger partial charge in [-0.05, 0) is 12.1 Å². The van der Waals surface area contributed by atoms with Crippen LogP contribution in [0, 0.1) is 0 Å². The van der Waals surface area contributed by atoms with Crippen LogP contribution in [0.2, 0.25) is 0 Å². The van der Waals surface area contributed by atoms with Gasteiger partial charge in [-0.1, -0.05) is 48.5 Å². The first-order valence-corrected chi connectivity index (χ1v) is 7.17. The summed E-state index contributed by atoms with van der Waals surface area (Å²) in [5.41, 5.74) is 1.22. The van der Waals surface area contributed by atoms with Crippen LogP contribution in [0.25, 0.3) is 0 Å². The lowest BCUT2D eigenvalue weighted by Crippen LogP contribution is -2.28. The summed E-state index contributed by atoms with van der Waals surface area (Å²) in [5, 5.41) is 3.10. The van der Waals surface area contributed by atoms with Crippen LogP contribution in [0.1, 0.15) is 20.7 Å². The van der Waals surface area contributed by atoms with Crippen molar-refractivity contribution in [1.82, 2.24) is 10.2 Å². The van der Waals surface area contributed by atoms with E-state index in [1.807, 2.05) is 36.4 Å². The molecule has 0 spiro atoms. The molecule has 1 N–H and O–H groups in total. The third-order valence-electron chi connectivity index (χ3n) is 3.52. The number of allylic oxidation sites excluding steroid dienone is 1. The second-order valence-corrected chi connectivity index (χ2v) is 5.01. The smallest absolute Gasteiger partial charge is 0.259 e. The van der Waals surface area contributed by atoms with Gasteiger partial charge in [-0.25, -0.2) is 0 Å². The largest absolute Gasteiger partial charge is 0.369 e. The van der Waals surface area contributed by atoms with Crippen LogP contribution in [0.5, 0.6) is 0 Å². The van der Waals surface area contributed by atoms with Gasteiger partial charge in [-0.15, -0.1) is 0 Å². The number of amides is 1. The van der Waals surface area contributed by atoms with Crippen molar-refractivity contribution in [2.75, 3.05) is 13.1 Å². The minimum Gasteiger partial charge on any atom is -0.369 e. The average molecular weight is 292 g/mol. The van der Waals surface area contributed by atoms with Gasteiger partial charge in [-0.2, -0.15) is 0 Å². The summed E-state index contributed by atoms with van der Waals surface area (Å²) >= 11 is 0. The Balaban J connectivity index is 1.83. The second-order valence-electron chi connectivity index (χ2n) is 5.01. The summed E-state index contributed by atoms with van der Waals surface area (Å²) in [5.74, 6) is 0.344. The Bertz CT molecular complexity index is 708. The maximum absolute atomic E-state index is 12.5. The molecule has 2 aromatic rings. The summed E-state index contributed by atoms with van der Waals surface area (Å²) in [7, 11) is 0. The molecule has 0 saturated carbocycles. The van der Waals surface area contributed by atoms with E-state index < -0.39 is 0 Å². The maximum Gasteiger partial charge on any atom is 0.259 e. The zero-order valence-corrected chi connectivity index (χ0v) is 12.0. The Morgan fingerprint density at radius 3 is 2.14 bits per heavy atom. The second kappa shape index (κ2) is 6.26. The van der Waals surface area contributed by atoms with E-state index in [0.717, 1.165) is 0 Å². The number of carbonyl (C=O) groups excluding carboxylic acids is 2. The number of hydrogen-bond acceptors (Lipinski definition) is 3. The molecular formula is C18H16N2O2. The summed E-state index contributed by atoms with van der Waals surface area (Å²) in [6.45, 7) is 1.20. The molecule has 1 amide bonds. The molecule has 0 aromatic heterocycles. The molecule has 0 radical (unpaired) electrons. The maximum atomic E-state index is 12.5. The van der Waals surface area contributed by atoms with Gasteiger partial charge in [0.2, 0.25) is 0 Å². The Kier molecular flexibility index (Phi) is 4.01. The van der Waals surface area contributed by atoms with Gasteiger partial charge in [0, 0.05) is 30.3 Å². The van der Waals surface area contributed by atoms with E-state index in [2.05, 4.69) is 5.32 Å². The van der Waals surface area contributed by atoms with Crippen LogP contribution in [0.3, 0.4) is 0 Å². The lowest BCUT2D eigenvalue weighted by atomic mass is 10.1. The van der Waals surface area contributed by atoms with Crippen molar-refractivity contribution in [3.63, 3.8) is 0 Å². The number of carbonyl (C=O) groups is 2. The Morgan fingerprint density at radius 2 is 1.50 bits per heavy atom. The van der Waals surface area contributed by atoms with E-state index in [0.29, 0.717) is 30.0 Å². The SMILES string of the molecule is O=C(/C=C1\NCCN1C(=O)c1ccccc1)c1ccccc1. The lowest BCUT2D eigenvalue weighted by molar-refractivity contribution is 0.0825. The molecule has 0 unspecified atom stereocenters. The van der Waals surface area contributed by atoms with Crippen molar-refractivity contribution in [3.05, 3.63) is 83.7 Å². The molecule has 1 fully saturated rings. The van der Waals surface area contributed by atoms with Crippen LogP contribution in [0.15, 0.2) is 72.6 Å². The molecule has 1 aliphatic rings. The van der Waals surface area contributed by atoms with Crippen molar-refractivity contribution >= 4 is 11.7 Å². The molecule has 22 heavy (non-hydrogen) atoms. The van der Waals surface area contributed by atoms with Crippen LogP contribution in [-0.4, -0.2) is 29.7 Å². The number of rotatable bonds is 3. The highest BCUT2D eigenvalue weighted by atomic mass is 16.2. The minimum absolute atomic E-state index is 0.0993. The molecule has 2 aromatic carbocycles. The standard InChI is InChI=1S/C18H16N2O2/c21-16(14-7-3-1-4-8-14)13-17-19-11-12-20(17)18(22)15-9-5-2-6-10-15/h1-10,13,19H,11-12H2/b17-13+. The van der Waals surface area contributed by atoms with Gasteiger partial charge in [0.15, 0.2) is 5.78 Å². The molecule has 1 saturated heterocycles. The van der Waals surface area contributed by atoms with Gasteiger partial charge in [-0.3, -0.25) is 14.5 Å². The Labute approximate surface area is 129 Å². The molecule has 0 atom stereocenters. The minimum atomic E-state index is -0.115. The van der Waals surface area contributed by atoms with E-state index >= 15 is 0 Å². The van der Waals surface area contributed by atoms with E-state index in [1.165, 1.54) is 6.08 Å². The van der Waals surface area contributed by atoms with Crippen LogP contribution in [0.4, 0.5) is 0 Å². The highest BCUT2D eigenvalue weighted by Gasteiger charge is 2.24. The van der Waals surface area contributed by atoms with Crippen molar-refractivity contribution in [1.29, 1.82) is 0 Å². The Hall–Kier alpha value is -2.88. The number of nitrogens with one attached hydrogen (secondary N) is 1. The zero-order chi connectivity index (χ0) is 15.4. The molecule has 3 rings (SSSR count). The van der Waals surface area contributed by atoms with Gasteiger partial charge in [0.1, 0.15) is 5.82 Å². The van der Waals surface area contributed by atoms with Gasteiger partial charge in [0.05, 0.1) is 0 Å². The van der Waals surface area contributed by atoms with Crippen molar-refractivity contribution in [3.8, 4) is 0 Å². The molecule has 4 nitrogen and oxygen atoms in total. The normalized spacial score (nSPS) is 15.6. The molecule has 0 aliphatic carbocycles. The first kappa shape index (κ1) is 14.1. The van der Waals surface area contributed by atoms with E-state index in [-0.39, 0.29) is 11.7 Å². The highest BCUT2D eigenvalue weighted by Crippen LogP contribution is 2.14. The fraction of sp³-hybridized carbons (Fsp3) is 0.111. The predicted molar refractivity (Wildman–Crippen MR) is 84.3 cm³/mol. The summed E-state index contributed by atoms with van der Waals surface area (Å²) in [6, 6.07) is 18.1. The highest BCUT2D eigenvalue weighted by molar-refractivity contribution is 6.05. The monoisotopic (exact) mass is 292 g/mol. The van der Waals surface area contributed by atoms with Crippen molar-refractivity contribution in [2.24, 2.45) is 0 Å². The third kappa shape index (κ3) is 2.91. The summed E-state index contributed by atoms with van der Waals surface area (Å²) in [4.78, 5) is 26.4. The fourth-order valence-corrected chi connectivity index (χ4v) is 2.40. The fourth-order valence-electron chi connectivity index (χ4n) is 2.40. The van der Waals surface area contributed by atoms with Crippen LogP contribution in [-0.2, 0) is 0 Å². The first-order valence-electron chi connectivity index (χ1n) is 7.17. The van der Waals surface area contributed by atoms with Crippen molar-refractivity contribution < 1.29 is 9.59 Å². The lowest BCUT2D eigenvalue weighted by Gasteiger charge is -2.16. The van der Waals surface area contributed by atoms with Gasteiger partial charge < -0.3 is 5.32 Å². The molecule has 1 heterocycles. The number of hydrogen-bond donors (Lipinski definition) is 1. The molecule has 1 aliphatic heterocycles. The molecule has 110 valence electrons. The van der Waals surface area contributed by atoms with Gasteiger partial charge in [0.25, 0.3) is 5.91 Å². The average Bonchev–Trinajstić information content (AvgIpc) is 3.04. The quantitative estimate of drug-likeness (QED) is 0.698. The van der Waals surface area contributed by atoms with E-state index in [1.54, 1.807) is 29.2 Å². The molecule has 0 bridgehead atoms. The first-order chi connectivity index (χ1) is 10.8. The van der Waals surface area contributed by atoms with Crippen LogP contribution < -0.4 is 5.32 Å². The summed E-state index contributed by atoms with van der Waals surface area (Å²) < 4.78 is 0. The van der Waals surface area contributed by atoms with Gasteiger partial charge >= 0.3 is 0 Å². The zero-order valence-electron chi connectivity index (χ0n) is 12.0. The van der Waals surface area contributed by atoms with E-state index in [4.69, 9.17) is 0 Å². The van der Waals surface area contributed by atoms with E-state index in [9.17, 15) is 9.59 Å². The molecule has 4 heteroatoms. The third-order valence-corrected chi connectivity index (χ3v) is 3.52. The van der Waals surface area contributed by atoms with Crippen molar-refractivity contribution in [2.45, 2.75) is 0 Å². The Morgan fingerprint density at radius 1 is 0.909 bits per heavy atom. The number of nitrogens with zero attached hydrogens (tertiary/aromatic N) is 1. The van der Waals surface area contributed by atoms with Crippen LogP contribution >= 0.6 is 0 Å².